The van der Waals surface area contributed by atoms with E-state index in [4.69, 9.17) is 11.6 Å². The second-order valence-corrected chi connectivity index (χ2v) is 5.10. The topological polar surface area (TPSA) is 12.0 Å². The van der Waals surface area contributed by atoms with Crippen molar-refractivity contribution in [3.8, 4) is 0 Å². The highest BCUT2D eigenvalue weighted by molar-refractivity contribution is 6.30. The fourth-order valence-electron chi connectivity index (χ4n) is 2.07. The summed E-state index contributed by atoms with van der Waals surface area (Å²) in [6, 6.07) is 5.07. The summed E-state index contributed by atoms with van der Waals surface area (Å²) < 4.78 is 13.9. The van der Waals surface area contributed by atoms with Gasteiger partial charge in [-0.05, 0) is 31.5 Å². The van der Waals surface area contributed by atoms with Crippen LogP contribution in [0, 0.1) is 5.82 Å². The summed E-state index contributed by atoms with van der Waals surface area (Å²) in [7, 11) is 0. The van der Waals surface area contributed by atoms with Gasteiger partial charge in [0.1, 0.15) is 5.82 Å². The van der Waals surface area contributed by atoms with Crippen LogP contribution in [0.3, 0.4) is 0 Å². The molecule has 1 N–H and O–H groups in total. The predicted octanol–water partition coefficient (Wildman–Crippen LogP) is 5.10. The normalized spacial score (nSPS) is 12.7. The van der Waals surface area contributed by atoms with Crippen molar-refractivity contribution < 1.29 is 4.39 Å². The van der Waals surface area contributed by atoms with Gasteiger partial charge in [-0.15, -0.1) is 0 Å². The molecule has 0 amide bonds. The van der Waals surface area contributed by atoms with E-state index in [1.165, 1.54) is 18.9 Å². The minimum absolute atomic E-state index is 0.105. The van der Waals surface area contributed by atoms with Crippen molar-refractivity contribution in [2.45, 2.75) is 52.0 Å². The SMILES string of the molecule is CCCCCC(NCCC)c1ccc(Cl)cc1F. The summed E-state index contributed by atoms with van der Waals surface area (Å²) >= 11 is 5.79. The molecule has 1 atom stereocenters. The van der Waals surface area contributed by atoms with E-state index in [1.54, 1.807) is 12.1 Å². The third-order valence-corrected chi connectivity index (χ3v) is 3.31. The van der Waals surface area contributed by atoms with Crippen LogP contribution in [0.2, 0.25) is 5.02 Å². The average Bonchev–Trinajstić information content (AvgIpc) is 2.34. The monoisotopic (exact) mass is 271 g/mol. The standard InChI is InChI=1S/C15H23ClFN/c1-3-5-6-7-15(18-10-4-2)13-9-8-12(16)11-14(13)17/h8-9,11,15,18H,3-7,10H2,1-2H3. The van der Waals surface area contributed by atoms with Crippen LogP contribution >= 0.6 is 11.6 Å². The molecule has 0 fully saturated rings. The van der Waals surface area contributed by atoms with Crippen molar-refractivity contribution in [2.75, 3.05) is 6.54 Å². The van der Waals surface area contributed by atoms with Crippen LogP contribution in [0.5, 0.6) is 0 Å². The van der Waals surface area contributed by atoms with Crippen molar-refractivity contribution in [1.82, 2.24) is 5.32 Å². The lowest BCUT2D eigenvalue weighted by atomic mass is 9.99. The molecule has 1 rings (SSSR count). The first-order chi connectivity index (χ1) is 8.69. The number of halogens is 2. The van der Waals surface area contributed by atoms with E-state index in [1.807, 2.05) is 0 Å². The Balaban J connectivity index is 2.73. The number of hydrogen-bond donors (Lipinski definition) is 1. The summed E-state index contributed by atoms with van der Waals surface area (Å²) in [5.74, 6) is -0.201. The molecular formula is C15H23ClFN. The molecule has 0 aliphatic heterocycles. The van der Waals surface area contributed by atoms with E-state index in [0.717, 1.165) is 31.4 Å². The minimum atomic E-state index is -0.201. The third kappa shape index (κ3) is 4.95. The van der Waals surface area contributed by atoms with Crippen LogP contribution < -0.4 is 5.32 Å². The third-order valence-electron chi connectivity index (χ3n) is 3.08. The van der Waals surface area contributed by atoms with Gasteiger partial charge in [-0.1, -0.05) is 50.8 Å². The van der Waals surface area contributed by atoms with Crippen LogP contribution in [-0.4, -0.2) is 6.54 Å². The Labute approximate surface area is 115 Å². The summed E-state index contributed by atoms with van der Waals surface area (Å²) in [6.07, 6.45) is 5.54. The van der Waals surface area contributed by atoms with Gasteiger partial charge in [0.05, 0.1) is 0 Å². The Morgan fingerprint density at radius 3 is 2.61 bits per heavy atom. The molecule has 0 spiro atoms. The maximum atomic E-state index is 13.9. The van der Waals surface area contributed by atoms with E-state index in [0.29, 0.717) is 5.02 Å². The molecule has 0 saturated heterocycles. The van der Waals surface area contributed by atoms with Crippen LogP contribution in [0.25, 0.3) is 0 Å². The maximum Gasteiger partial charge on any atom is 0.129 e. The Morgan fingerprint density at radius 1 is 1.22 bits per heavy atom. The van der Waals surface area contributed by atoms with Crippen molar-refractivity contribution in [1.29, 1.82) is 0 Å². The van der Waals surface area contributed by atoms with Crippen molar-refractivity contribution in [2.24, 2.45) is 0 Å². The molecule has 0 bridgehead atoms. The van der Waals surface area contributed by atoms with E-state index < -0.39 is 0 Å². The molecule has 0 aliphatic rings. The van der Waals surface area contributed by atoms with Crippen molar-refractivity contribution in [3.63, 3.8) is 0 Å². The molecule has 0 heterocycles. The molecule has 18 heavy (non-hydrogen) atoms. The highest BCUT2D eigenvalue weighted by Gasteiger charge is 2.14. The van der Waals surface area contributed by atoms with Gasteiger partial charge in [-0.2, -0.15) is 0 Å². The minimum Gasteiger partial charge on any atom is -0.310 e. The smallest absolute Gasteiger partial charge is 0.129 e. The summed E-state index contributed by atoms with van der Waals surface area (Å²) in [5.41, 5.74) is 0.740. The lowest BCUT2D eigenvalue weighted by Crippen LogP contribution is -2.23. The van der Waals surface area contributed by atoms with E-state index >= 15 is 0 Å². The number of unbranched alkanes of at least 4 members (excludes halogenated alkanes) is 2. The molecule has 0 radical (unpaired) electrons. The van der Waals surface area contributed by atoms with Gasteiger partial charge in [-0.25, -0.2) is 4.39 Å². The Bertz CT molecular complexity index is 354. The van der Waals surface area contributed by atoms with Gasteiger partial charge in [0.15, 0.2) is 0 Å². The number of rotatable bonds is 8. The zero-order chi connectivity index (χ0) is 13.4. The van der Waals surface area contributed by atoms with Crippen molar-refractivity contribution in [3.05, 3.63) is 34.6 Å². The summed E-state index contributed by atoms with van der Waals surface area (Å²) in [5, 5.41) is 3.88. The molecule has 1 nitrogen and oxygen atoms in total. The zero-order valence-electron chi connectivity index (χ0n) is 11.3. The van der Waals surface area contributed by atoms with E-state index in [-0.39, 0.29) is 11.9 Å². The quantitative estimate of drug-likeness (QED) is 0.649. The Hall–Kier alpha value is -0.600. The van der Waals surface area contributed by atoms with E-state index in [2.05, 4.69) is 19.2 Å². The highest BCUT2D eigenvalue weighted by atomic mass is 35.5. The molecular weight excluding hydrogens is 249 g/mol. The molecule has 1 aromatic rings. The van der Waals surface area contributed by atoms with Crippen LogP contribution in [-0.2, 0) is 0 Å². The largest absolute Gasteiger partial charge is 0.310 e. The second-order valence-electron chi connectivity index (χ2n) is 4.67. The molecule has 1 unspecified atom stereocenters. The Kier molecular flexibility index (Phi) is 7.29. The van der Waals surface area contributed by atoms with Gasteiger partial charge in [-0.3, -0.25) is 0 Å². The molecule has 0 aromatic heterocycles. The van der Waals surface area contributed by atoms with Crippen LogP contribution in [0.1, 0.15) is 57.6 Å². The number of benzene rings is 1. The van der Waals surface area contributed by atoms with E-state index in [9.17, 15) is 4.39 Å². The van der Waals surface area contributed by atoms with Gasteiger partial charge >= 0.3 is 0 Å². The van der Waals surface area contributed by atoms with Crippen LogP contribution in [0.4, 0.5) is 4.39 Å². The zero-order valence-corrected chi connectivity index (χ0v) is 12.1. The molecule has 3 heteroatoms. The summed E-state index contributed by atoms with van der Waals surface area (Å²) in [4.78, 5) is 0. The first-order valence-corrected chi connectivity index (χ1v) is 7.25. The number of nitrogens with one attached hydrogen (secondary N) is 1. The second kappa shape index (κ2) is 8.49. The molecule has 102 valence electrons. The van der Waals surface area contributed by atoms with Gasteiger partial charge < -0.3 is 5.32 Å². The molecule has 1 aromatic carbocycles. The number of hydrogen-bond acceptors (Lipinski definition) is 1. The van der Waals surface area contributed by atoms with Crippen LogP contribution in [0.15, 0.2) is 18.2 Å². The lowest BCUT2D eigenvalue weighted by Gasteiger charge is -2.19. The predicted molar refractivity (Wildman–Crippen MR) is 76.6 cm³/mol. The summed E-state index contributed by atoms with van der Waals surface area (Å²) in [6.45, 7) is 5.21. The van der Waals surface area contributed by atoms with Crippen molar-refractivity contribution >= 4 is 11.6 Å². The van der Waals surface area contributed by atoms with Gasteiger partial charge in [0.2, 0.25) is 0 Å². The average molecular weight is 272 g/mol. The highest BCUT2D eigenvalue weighted by Crippen LogP contribution is 2.25. The maximum absolute atomic E-state index is 13.9. The fraction of sp³-hybridized carbons (Fsp3) is 0.600. The van der Waals surface area contributed by atoms with Gasteiger partial charge in [0, 0.05) is 16.6 Å². The lowest BCUT2D eigenvalue weighted by molar-refractivity contribution is 0.454. The first-order valence-electron chi connectivity index (χ1n) is 6.87. The molecule has 0 aliphatic carbocycles. The van der Waals surface area contributed by atoms with Gasteiger partial charge in [0.25, 0.3) is 0 Å². The molecule has 0 saturated carbocycles. The Morgan fingerprint density at radius 2 is 2.00 bits per heavy atom. The fourth-order valence-corrected chi connectivity index (χ4v) is 2.23. The first kappa shape index (κ1) is 15.5.